The van der Waals surface area contributed by atoms with Gasteiger partial charge in [-0.15, -0.1) is 0 Å². The molecular formula is C25H23N3O4. The molecule has 0 radical (unpaired) electrons. The van der Waals surface area contributed by atoms with E-state index in [2.05, 4.69) is 5.10 Å². The Hall–Kier alpha value is -4.13. The third kappa shape index (κ3) is 4.62. The van der Waals surface area contributed by atoms with Gasteiger partial charge in [-0.25, -0.2) is 5.01 Å². The second kappa shape index (κ2) is 9.34. The lowest BCUT2D eigenvalue weighted by atomic mass is 9.98. The molecule has 4 rings (SSSR count). The van der Waals surface area contributed by atoms with Crippen LogP contribution in [0.25, 0.3) is 0 Å². The van der Waals surface area contributed by atoms with Crippen LogP contribution in [0.4, 0.5) is 0 Å². The van der Waals surface area contributed by atoms with E-state index >= 15 is 0 Å². The van der Waals surface area contributed by atoms with E-state index in [0.29, 0.717) is 17.7 Å². The number of nitrogens with two attached hydrogens (primary N) is 1. The van der Waals surface area contributed by atoms with E-state index in [9.17, 15) is 9.59 Å². The van der Waals surface area contributed by atoms with Crippen molar-refractivity contribution < 1.29 is 19.1 Å². The molecule has 32 heavy (non-hydrogen) atoms. The fraction of sp³-hybridized carbons (Fsp3) is 0.160. The monoisotopic (exact) mass is 429 g/mol. The molecule has 0 spiro atoms. The number of hydrazone groups is 1. The summed E-state index contributed by atoms with van der Waals surface area (Å²) in [5.74, 6) is 0.285. The number of rotatable bonds is 7. The minimum atomic E-state index is -0.557. The smallest absolute Gasteiger partial charge is 0.281 e. The van der Waals surface area contributed by atoms with Crippen molar-refractivity contribution in [2.75, 3.05) is 13.7 Å². The zero-order valence-corrected chi connectivity index (χ0v) is 17.6. The topological polar surface area (TPSA) is 94.2 Å². The van der Waals surface area contributed by atoms with Crippen LogP contribution in [0.2, 0.25) is 0 Å². The molecule has 3 aromatic rings. The Bertz CT molecular complexity index is 1140. The summed E-state index contributed by atoms with van der Waals surface area (Å²) >= 11 is 0. The Morgan fingerprint density at radius 2 is 1.75 bits per heavy atom. The summed E-state index contributed by atoms with van der Waals surface area (Å²) in [6.45, 7) is -0.222. The molecule has 162 valence electrons. The molecule has 1 heterocycles. The summed E-state index contributed by atoms with van der Waals surface area (Å²) in [6, 6.07) is 23.6. The van der Waals surface area contributed by atoms with Gasteiger partial charge in [0.15, 0.2) is 6.61 Å². The summed E-state index contributed by atoms with van der Waals surface area (Å²) < 4.78 is 10.9. The molecule has 0 fully saturated rings. The molecule has 0 saturated carbocycles. The van der Waals surface area contributed by atoms with E-state index in [-0.39, 0.29) is 18.6 Å². The number of ether oxygens (including phenoxy) is 2. The largest absolute Gasteiger partial charge is 0.497 e. The van der Waals surface area contributed by atoms with Crippen LogP contribution in [0.5, 0.6) is 11.5 Å². The molecule has 0 bridgehead atoms. The lowest BCUT2D eigenvalue weighted by Crippen LogP contribution is -2.31. The third-order valence-corrected chi connectivity index (χ3v) is 5.25. The maximum Gasteiger partial charge on any atom is 0.281 e. The lowest BCUT2D eigenvalue weighted by Gasteiger charge is -2.22. The summed E-state index contributed by atoms with van der Waals surface area (Å²) in [5, 5.41) is 6.11. The van der Waals surface area contributed by atoms with Crippen LogP contribution >= 0.6 is 0 Å². The van der Waals surface area contributed by atoms with Crippen molar-refractivity contribution in [1.29, 1.82) is 0 Å². The maximum absolute atomic E-state index is 13.1. The summed E-state index contributed by atoms with van der Waals surface area (Å²) in [5.41, 5.74) is 8.38. The maximum atomic E-state index is 13.1. The molecule has 2 amide bonds. The van der Waals surface area contributed by atoms with Gasteiger partial charge in [-0.2, -0.15) is 5.10 Å². The van der Waals surface area contributed by atoms with Crippen LogP contribution in [-0.4, -0.2) is 36.3 Å². The van der Waals surface area contributed by atoms with Gasteiger partial charge in [0.05, 0.1) is 18.9 Å². The first-order valence-corrected chi connectivity index (χ1v) is 10.2. The normalized spacial score (nSPS) is 15.2. The number of hydrogen-bond acceptors (Lipinski definition) is 5. The van der Waals surface area contributed by atoms with E-state index in [1.54, 1.807) is 25.3 Å². The molecular weight excluding hydrogens is 406 g/mol. The average Bonchev–Trinajstić information content (AvgIpc) is 3.29. The van der Waals surface area contributed by atoms with Crippen LogP contribution < -0.4 is 15.2 Å². The van der Waals surface area contributed by atoms with Crippen LogP contribution in [0.1, 0.15) is 33.9 Å². The molecule has 2 N–H and O–H groups in total. The highest BCUT2D eigenvalue weighted by atomic mass is 16.5. The van der Waals surface area contributed by atoms with Crippen molar-refractivity contribution in [3.63, 3.8) is 0 Å². The van der Waals surface area contributed by atoms with Crippen LogP contribution in [0, 0.1) is 0 Å². The van der Waals surface area contributed by atoms with Gasteiger partial charge in [0.1, 0.15) is 11.5 Å². The zero-order valence-electron chi connectivity index (χ0n) is 17.6. The van der Waals surface area contributed by atoms with Gasteiger partial charge < -0.3 is 15.2 Å². The number of benzene rings is 3. The molecule has 1 atom stereocenters. The first kappa shape index (κ1) is 21.1. The zero-order chi connectivity index (χ0) is 22.5. The van der Waals surface area contributed by atoms with Gasteiger partial charge in [-0.3, -0.25) is 9.59 Å². The van der Waals surface area contributed by atoms with E-state index in [1.807, 2.05) is 54.6 Å². The number of hydrogen-bond donors (Lipinski definition) is 1. The predicted octanol–water partition coefficient (Wildman–Crippen LogP) is 3.55. The third-order valence-electron chi connectivity index (χ3n) is 5.25. The van der Waals surface area contributed by atoms with Gasteiger partial charge in [-0.1, -0.05) is 48.5 Å². The highest BCUT2D eigenvalue weighted by Gasteiger charge is 2.33. The van der Waals surface area contributed by atoms with E-state index in [4.69, 9.17) is 15.2 Å². The number of carbonyl (C=O) groups excluding carboxylic acids is 2. The predicted molar refractivity (Wildman–Crippen MR) is 121 cm³/mol. The molecule has 0 aromatic heterocycles. The molecule has 1 aliphatic rings. The Kier molecular flexibility index (Phi) is 6.17. The molecule has 0 aliphatic carbocycles. The van der Waals surface area contributed by atoms with Crippen LogP contribution in [-0.2, 0) is 4.79 Å². The minimum Gasteiger partial charge on any atom is -0.497 e. The van der Waals surface area contributed by atoms with E-state index < -0.39 is 5.91 Å². The quantitative estimate of drug-likeness (QED) is 0.621. The van der Waals surface area contributed by atoms with Gasteiger partial charge in [0.2, 0.25) is 5.91 Å². The fourth-order valence-corrected chi connectivity index (χ4v) is 3.58. The van der Waals surface area contributed by atoms with Crippen LogP contribution in [0.15, 0.2) is 84.0 Å². The Morgan fingerprint density at radius 1 is 1.00 bits per heavy atom. The Labute approximate surface area is 186 Å². The first-order valence-electron chi connectivity index (χ1n) is 10.2. The highest BCUT2D eigenvalue weighted by molar-refractivity contribution is 6.03. The van der Waals surface area contributed by atoms with E-state index in [1.165, 1.54) is 11.1 Å². The standard InChI is InChI=1S/C25H23N3O4/c1-31-20-12-10-18(11-13-20)23-15-22(17-6-3-2-4-7-17)27-28(23)24(29)16-32-21-9-5-8-19(14-21)25(26)30/h2-14,23H,15-16H2,1H3,(H2,26,30). The average molecular weight is 429 g/mol. The van der Waals surface area contributed by atoms with Gasteiger partial charge >= 0.3 is 0 Å². The number of primary amides is 1. The first-order chi connectivity index (χ1) is 15.5. The second-order valence-electron chi connectivity index (χ2n) is 7.32. The molecule has 7 nitrogen and oxygen atoms in total. The van der Waals surface area contributed by atoms with Gasteiger partial charge in [0, 0.05) is 12.0 Å². The summed E-state index contributed by atoms with van der Waals surface area (Å²) in [7, 11) is 1.61. The van der Waals surface area contributed by atoms with Gasteiger partial charge in [0.25, 0.3) is 5.91 Å². The summed E-state index contributed by atoms with van der Waals surface area (Å²) in [4.78, 5) is 24.5. The minimum absolute atomic E-state index is 0.222. The second-order valence-corrected chi connectivity index (χ2v) is 7.32. The van der Waals surface area contributed by atoms with Crippen molar-refractivity contribution in [2.24, 2.45) is 10.8 Å². The fourth-order valence-electron chi connectivity index (χ4n) is 3.58. The van der Waals surface area contributed by atoms with Crippen molar-refractivity contribution in [1.82, 2.24) is 5.01 Å². The van der Waals surface area contributed by atoms with Crippen molar-refractivity contribution in [2.45, 2.75) is 12.5 Å². The van der Waals surface area contributed by atoms with Crippen molar-refractivity contribution in [3.8, 4) is 11.5 Å². The number of amides is 2. The van der Waals surface area contributed by atoms with E-state index in [0.717, 1.165) is 22.6 Å². The number of carbonyl (C=O) groups is 2. The molecule has 1 aliphatic heterocycles. The lowest BCUT2D eigenvalue weighted by molar-refractivity contribution is -0.135. The summed E-state index contributed by atoms with van der Waals surface area (Å²) in [6.07, 6.45) is 0.583. The van der Waals surface area contributed by atoms with Gasteiger partial charge in [-0.05, 0) is 41.5 Å². The van der Waals surface area contributed by atoms with Crippen LogP contribution in [0.3, 0.4) is 0 Å². The van der Waals surface area contributed by atoms with Crippen molar-refractivity contribution in [3.05, 3.63) is 95.6 Å². The molecule has 3 aromatic carbocycles. The molecule has 0 saturated heterocycles. The van der Waals surface area contributed by atoms with Crippen molar-refractivity contribution >= 4 is 17.5 Å². The number of nitrogens with zero attached hydrogens (tertiary/aromatic N) is 2. The highest BCUT2D eigenvalue weighted by Crippen LogP contribution is 2.33. The SMILES string of the molecule is COc1ccc(C2CC(c3ccccc3)=NN2C(=O)COc2cccc(C(N)=O)c2)cc1. The molecule has 1 unspecified atom stereocenters. The molecule has 7 heteroatoms. The number of methoxy groups -OCH3 is 1. The Morgan fingerprint density at radius 3 is 2.44 bits per heavy atom. The Balaban J connectivity index is 1.56.